The van der Waals surface area contributed by atoms with Gasteiger partial charge < -0.3 is 10.1 Å². The van der Waals surface area contributed by atoms with Crippen LogP contribution in [0.5, 0.6) is 0 Å². The minimum Gasteiger partial charge on any atom is -0.462 e. The van der Waals surface area contributed by atoms with Gasteiger partial charge in [0.2, 0.25) is 0 Å². The number of aryl methyl sites for hydroxylation is 2. The molecule has 1 aromatic heterocycles. The van der Waals surface area contributed by atoms with Gasteiger partial charge in [-0.1, -0.05) is 62.4 Å². The van der Waals surface area contributed by atoms with Crippen LogP contribution in [0.4, 0.5) is 0 Å². The van der Waals surface area contributed by atoms with Crippen LogP contribution in [0, 0.1) is 0 Å². The Balaban J connectivity index is 1.79. The van der Waals surface area contributed by atoms with E-state index in [1.54, 1.807) is 25.4 Å². The van der Waals surface area contributed by atoms with Gasteiger partial charge in [0, 0.05) is 18.9 Å². The molecule has 0 unspecified atom stereocenters. The van der Waals surface area contributed by atoms with E-state index in [1.807, 2.05) is 42.5 Å². The second-order valence-electron chi connectivity index (χ2n) is 9.17. The highest BCUT2D eigenvalue weighted by molar-refractivity contribution is 6.10. The predicted molar refractivity (Wildman–Crippen MR) is 143 cm³/mol. The SMILES string of the molecule is CCOC(=O)c1ccc2c(C(=O)NCc3cccnc3)c(C(C)C)cc(CCc3ccccc3)c2c1. The van der Waals surface area contributed by atoms with E-state index in [0.717, 1.165) is 40.3 Å². The molecule has 36 heavy (non-hydrogen) atoms. The molecule has 3 aromatic carbocycles. The van der Waals surface area contributed by atoms with E-state index >= 15 is 0 Å². The monoisotopic (exact) mass is 480 g/mol. The van der Waals surface area contributed by atoms with Gasteiger partial charge in [0.1, 0.15) is 0 Å². The first-order valence-corrected chi connectivity index (χ1v) is 12.5. The quantitative estimate of drug-likeness (QED) is 0.288. The summed E-state index contributed by atoms with van der Waals surface area (Å²) in [5.41, 5.74) is 5.44. The van der Waals surface area contributed by atoms with Crippen LogP contribution in [0.2, 0.25) is 0 Å². The molecule has 5 heteroatoms. The summed E-state index contributed by atoms with van der Waals surface area (Å²) in [6.07, 6.45) is 5.12. The lowest BCUT2D eigenvalue weighted by Crippen LogP contribution is -2.25. The zero-order chi connectivity index (χ0) is 25.5. The van der Waals surface area contributed by atoms with E-state index in [1.165, 1.54) is 5.56 Å². The van der Waals surface area contributed by atoms with Crippen LogP contribution in [-0.4, -0.2) is 23.5 Å². The molecular formula is C31H32N2O3. The van der Waals surface area contributed by atoms with Crippen molar-refractivity contribution in [2.45, 2.75) is 46.1 Å². The molecule has 1 heterocycles. The van der Waals surface area contributed by atoms with E-state index in [0.29, 0.717) is 24.3 Å². The molecule has 0 saturated carbocycles. The summed E-state index contributed by atoms with van der Waals surface area (Å²) >= 11 is 0. The molecule has 4 rings (SSSR count). The van der Waals surface area contributed by atoms with E-state index in [-0.39, 0.29) is 17.8 Å². The molecule has 184 valence electrons. The zero-order valence-electron chi connectivity index (χ0n) is 21.1. The summed E-state index contributed by atoms with van der Waals surface area (Å²) in [6, 6.07) is 21.8. The van der Waals surface area contributed by atoms with Gasteiger partial charge in [-0.2, -0.15) is 0 Å². The van der Waals surface area contributed by atoms with Crippen molar-refractivity contribution in [2.75, 3.05) is 6.61 Å². The van der Waals surface area contributed by atoms with Crippen LogP contribution in [0.1, 0.15) is 69.7 Å². The summed E-state index contributed by atoms with van der Waals surface area (Å²) < 4.78 is 5.25. The van der Waals surface area contributed by atoms with Gasteiger partial charge in [0.25, 0.3) is 5.91 Å². The first kappa shape index (κ1) is 25.1. The van der Waals surface area contributed by atoms with Crippen LogP contribution in [-0.2, 0) is 24.1 Å². The maximum Gasteiger partial charge on any atom is 0.338 e. The normalized spacial score (nSPS) is 11.0. The number of carbonyl (C=O) groups is 2. The number of fused-ring (bicyclic) bond motifs is 1. The molecule has 0 spiro atoms. The van der Waals surface area contributed by atoms with Crippen molar-refractivity contribution in [1.82, 2.24) is 10.3 Å². The first-order chi connectivity index (χ1) is 17.5. The Morgan fingerprint density at radius 2 is 1.69 bits per heavy atom. The molecule has 0 aliphatic heterocycles. The maximum absolute atomic E-state index is 13.5. The summed E-state index contributed by atoms with van der Waals surface area (Å²) in [6.45, 7) is 6.71. The number of ether oxygens (including phenoxy) is 1. The summed E-state index contributed by atoms with van der Waals surface area (Å²) in [4.78, 5) is 30.2. The van der Waals surface area contributed by atoms with Crippen molar-refractivity contribution in [2.24, 2.45) is 0 Å². The van der Waals surface area contributed by atoms with Gasteiger partial charge in [-0.15, -0.1) is 0 Å². The highest BCUT2D eigenvalue weighted by Crippen LogP contribution is 2.33. The molecule has 4 aromatic rings. The number of hydrogen-bond donors (Lipinski definition) is 1. The van der Waals surface area contributed by atoms with Crippen LogP contribution in [0.25, 0.3) is 10.8 Å². The molecule has 1 N–H and O–H groups in total. The average Bonchev–Trinajstić information content (AvgIpc) is 2.91. The molecule has 0 radical (unpaired) electrons. The third-order valence-corrected chi connectivity index (χ3v) is 6.32. The first-order valence-electron chi connectivity index (χ1n) is 12.5. The second-order valence-corrected chi connectivity index (χ2v) is 9.17. The Hall–Kier alpha value is -3.99. The Morgan fingerprint density at radius 1 is 0.917 bits per heavy atom. The van der Waals surface area contributed by atoms with Gasteiger partial charge >= 0.3 is 5.97 Å². The third kappa shape index (κ3) is 5.80. The highest BCUT2D eigenvalue weighted by Gasteiger charge is 2.21. The number of benzene rings is 3. The van der Waals surface area contributed by atoms with Crippen molar-refractivity contribution >= 4 is 22.6 Å². The molecule has 0 atom stereocenters. The summed E-state index contributed by atoms with van der Waals surface area (Å²) in [5.74, 6) is -0.344. The number of esters is 1. The number of amides is 1. The standard InChI is InChI=1S/C31H32N2O3/c1-4-36-31(35)25-14-15-26-28(18-25)24(13-12-22-9-6-5-7-10-22)17-27(21(2)3)29(26)30(34)33-20-23-11-8-16-32-19-23/h5-11,14-19,21H,4,12-13,20H2,1-3H3,(H,33,34). The molecule has 0 aliphatic carbocycles. The van der Waals surface area contributed by atoms with E-state index < -0.39 is 0 Å². The summed E-state index contributed by atoms with van der Waals surface area (Å²) in [5, 5.41) is 4.82. The topological polar surface area (TPSA) is 68.3 Å². The van der Waals surface area contributed by atoms with Gasteiger partial charge in [0.15, 0.2) is 0 Å². The fourth-order valence-corrected chi connectivity index (χ4v) is 4.48. The fraction of sp³-hybridized carbons (Fsp3) is 0.258. The number of carbonyl (C=O) groups excluding carboxylic acids is 2. The molecule has 5 nitrogen and oxygen atoms in total. The largest absolute Gasteiger partial charge is 0.462 e. The summed E-state index contributed by atoms with van der Waals surface area (Å²) in [7, 11) is 0. The minimum atomic E-state index is -0.357. The Bertz CT molecular complexity index is 1350. The zero-order valence-corrected chi connectivity index (χ0v) is 21.1. The van der Waals surface area contributed by atoms with Crippen LogP contribution >= 0.6 is 0 Å². The lowest BCUT2D eigenvalue weighted by Gasteiger charge is -2.20. The number of rotatable bonds is 9. The molecular weight excluding hydrogens is 448 g/mol. The van der Waals surface area contributed by atoms with E-state index in [4.69, 9.17) is 4.74 Å². The second kappa shape index (κ2) is 11.6. The lowest BCUT2D eigenvalue weighted by molar-refractivity contribution is 0.0526. The third-order valence-electron chi connectivity index (χ3n) is 6.32. The number of nitrogens with zero attached hydrogens (tertiary/aromatic N) is 1. The van der Waals surface area contributed by atoms with E-state index in [9.17, 15) is 9.59 Å². The van der Waals surface area contributed by atoms with Gasteiger partial charge in [0.05, 0.1) is 17.7 Å². The molecule has 0 bridgehead atoms. The predicted octanol–water partition coefficient (Wildman–Crippen LogP) is 6.25. The van der Waals surface area contributed by atoms with Gasteiger partial charge in [-0.3, -0.25) is 9.78 Å². The number of hydrogen-bond acceptors (Lipinski definition) is 4. The number of pyridine rings is 1. The van der Waals surface area contributed by atoms with Crippen molar-refractivity contribution in [1.29, 1.82) is 0 Å². The smallest absolute Gasteiger partial charge is 0.338 e. The van der Waals surface area contributed by atoms with Gasteiger partial charge in [-0.05, 0) is 76.9 Å². The fourth-order valence-electron chi connectivity index (χ4n) is 4.48. The molecule has 0 fully saturated rings. The highest BCUT2D eigenvalue weighted by atomic mass is 16.5. The molecule has 0 saturated heterocycles. The van der Waals surface area contributed by atoms with Crippen molar-refractivity contribution in [3.05, 3.63) is 113 Å². The van der Waals surface area contributed by atoms with Crippen molar-refractivity contribution < 1.29 is 14.3 Å². The lowest BCUT2D eigenvalue weighted by atomic mass is 9.86. The van der Waals surface area contributed by atoms with Crippen LogP contribution in [0.15, 0.2) is 79.1 Å². The Morgan fingerprint density at radius 3 is 2.39 bits per heavy atom. The van der Waals surface area contributed by atoms with Gasteiger partial charge in [-0.25, -0.2) is 4.79 Å². The Labute approximate surface area is 212 Å². The van der Waals surface area contributed by atoms with E-state index in [2.05, 4.69) is 42.3 Å². The molecule has 0 aliphatic rings. The van der Waals surface area contributed by atoms with Crippen molar-refractivity contribution in [3.8, 4) is 0 Å². The van der Waals surface area contributed by atoms with Crippen LogP contribution < -0.4 is 5.32 Å². The Kier molecular flexibility index (Phi) is 8.11. The van der Waals surface area contributed by atoms with Crippen LogP contribution in [0.3, 0.4) is 0 Å². The average molecular weight is 481 g/mol. The molecule has 1 amide bonds. The number of aromatic nitrogens is 1. The maximum atomic E-state index is 13.5. The number of nitrogens with one attached hydrogen (secondary N) is 1. The van der Waals surface area contributed by atoms with Crippen molar-refractivity contribution in [3.63, 3.8) is 0 Å². The minimum absolute atomic E-state index is 0.133.